The topological polar surface area (TPSA) is 102 Å². The summed E-state index contributed by atoms with van der Waals surface area (Å²) in [5.41, 5.74) is 8.99. The van der Waals surface area contributed by atoms with Crippen molar-refractivity contribution < 1.29 is 13.6 Å². The van der Waals surface area contributed by atoms with Crippen molar-refractivity contribution >= 4 is 28.6 Å². The first kappa shape index (κ1) is 22.9. The molecule has 6 rings (SSSR count). The SMILES string of the molecule is CN1NN=C(c2ccc(NC(=O)c3cnn4ccc(N5CCC[C@@H]5c5cc(F)ccc5F)cc34)cn2)N1. The predicted octanol–water partition coefficient (Wildman–Crippen LogP) is 3.22. The summed E-state index contributed by atoms with van der Waals surface area (Å²) in [7, 11) is 1.77. The van der Waals surface area contributed by atoms with Crippen LogP contribution in [0, 0.1) is 11.6 Å². The highest BCUT2D eigenvalue weighted by Gasteiger charge is 2.29. The monoisotopic (exact) mass is 503 g/mol. The fourth-order valence-electron chi connectivity index (χ4n) is 4.75. The lowest BCUT2D eigenvalue weighted by atomic mass is 10.0. The second-order valence-electron chi connectivity index (χ2n) is 8.91. The number of hydrogen-bond acceptors (Lipinski definition) is 8. The number of halogens is 2. The minimum Gasteiger partial charge on any atom is -0.364 e. The van der Waals surface area contributed by atoms with Gasteiger partial charge >= 0.3 is 0 Å². The summed E-state index contributed by atoms with van der Waals surface area (Å²) >= 11 is 0. The summed E-state index contributed by atoms with van der Waals surface area (Å²) < 4.78 is 30.0. The average molecular weight is 504 g/mol. The van der Waals surface area contributed by atoms with E-state index in [4.69, 9.17) is 0 Å². The van der Waals surface area contributed by atoms with E-state index in [1.165, 1.54) is 12.3 Å². The molecular formula is C25H23F2N9O. The third-order valence-corrected chi connectivity index (χ3v) is 6.50. The molecule has 2 aliphatic rings. The number of nitrogens with one attached hydrogen (secondary N) is 3. The van der Waals surface area contributed by atoms with Gasteiger partial charge < -0.3 is 10.2 Å². The van der Waals surface area contributed by atoms with E-state index < -0.39 is 11.6 Å². The maximum atomic E-state index is 14.5. The highest BCUT2D eigenvalue weighted by molar-refractivity contribution is 6.09. The van der Waals surface area contributed by atoms with Crippen LogP contribution in [0.5, 0.6) is 0 Å². The second-order valence-corrected chi connectivity index (χ2v) is 8.91. The number of benzene rings is 1. The van der Waals surface area contributed by atoms with Crippen molar-refractivity contribution in [3.8, 4) is 0 Å². The number of amides is 1. The van der Waals surface area contributed by atoms with Crippen LogP contribution in [0.4, 0.5) is 20.2 Å². The Morgan fingerprint density at radius 1 is 1.14 bits per heavy atom. The molecule has 2 aliphatic heterocycles. The van der Waals surface area contributed by atoms with E-state index in [0.717, 1.165) is 24.2 Å². The third-order valence-electron chi connectivity index (χ3n) is 6.50. The van der Waals surface area contributed by atoms with Crippen LogP contribution < -0.4 is 21.2 Å². The second kappa shape index (κ2) is 9.13. The lowest BCUT2D eigenvalue weighted by Crippen LogP contribution is -2.37. The van der Waals surface area contributed by atoms with Crippen LogP contribution in [0.1, 0.15) is 40.5 Å². The maximum Gasteiger partial charge on any atom is 0.259 e. The zero-order valence-corrected chi connectivity index (χ0v) is 19.8. The molecular weight excluding hydrogens is 480 g/mol. The van der Waals surface area contributed by atoms with Crippen molar-refractivity contribution in [2.75, 3.05) is 23.8 Å². The molecule has 3 N–H and O–H groups in total. The molecule has 3 aromatic heterocycles. The van der Waals surface area contributed by atoms with Crippen LogP contribution in [0.25, 0.3) is 5.52 Å². The van der Waals surface area contributed by atoms with E-state index in [0.29, 0.717) is 46.8 Å². The van der Waals surface area contributed by atoms with Gasteiger partial charge in [-0.05, 0) is 55.3 Å². The fourth-order valence-corrected chi connectivity index (χ4v) is 4.75. The first-order chi connectivity index (χ1) is 18.0. The quantitative estimate of drug-likeness (QED) is 0.384. The summed E-state index contributed by atoms with van der Waals surface area (Å²) in [5.74, 6) is -0.669. The van der Waals surface area contributed by atoms with Gasteiger partial charge in [-0.3, -0.25) is 15.2 Å². The van der Waals surface area contributed by atoms with Gasteiger partial charge in [-0.2, -0.15) is 5.10 Å². The number of pyridine rings is 2. The van der Waals surface area contributed by atoms with E-state index in [1.807, 2.05) is 17.0 Å². The van der Waals surface area contributed by atoms with E-state index in [1.54, 1.807) is 41.2 Å². The Labute approximate surface area is 210 Å². The highest BCUT2D eigenvalue weighted by atomic mass is 19.1. The summed E-state index contributed by atoms with van der Waals surface area (Å²) in [5, 5.41) is 12.8. The molecule has 0 bridgehead atoms. The number of fused-ring (bicyclic) bond motifs is 1. The average Bonchev–Trinajstić information content (AvgIpc) is 3.65. The molecule has 1 aromatic carbocycles. The molecule has 0 spiro atoms. The van der Waals surface area contributed by atoms with Crippen LogP contribution in [-0.2, 0) is 0 Å². The van der Waals surface area contributed by atoms with Crippen molar-refractivity contribution in [2.45, 2.75) is 18.9 Å². The van der Waals surface area contributed by atoms with Crippen molar-refractivity contribution in [3.05, 3.63) is 89.5 Å². The molecule has 0 saturated carbocycles. The summed E-state index contributed by atoms with van der Waals surface area (Å²) in [6.45, 7) is 0.690. The standard InChI is InChI=1S/C25H23F2N9O/c1-34-32-24(31-33-34)21-7-5-16(13-28-21)30-25(37)19-14-29-36-10-8-17(12-23(19)36)35-9-2-3-22(35)18-11-15(26)4-6-20(18)27/h4-8,10-14,22,33H,2-3,9H2,1H3,(H,30,37)(H,31,32)/t22-/m1/s1. The van der Waals surface area contributed by atoms with Gasteiger partial charge in [-0.15, -0.1) is 10.2 Å². The smallest absolute Gasteiger partial charge is 0.259 e. The molecule has 4 aromatic rings. The number of nitrogens with zero attached hydrogens (tertiary/aromatic N) is 6. The van der Waals surface area contributed by atoms with E-state index >= 15 is 0 Å². The molecule has 188 valence electrons. The van der Waals surface area contributed by atoms with E-state index in [9.17, 15) is 13.6 Å². The van der Waals surface area contributed by atoms with Gasteiger partial charge in [0.05, 0.1) is 35.2 Å². The number of hydrazine groups is 2. The number of hydrazone groups is 1. The maximum absolute atomic E-state index is 14.5. The Morgan fingerprint density at radius 2 is 2.03 bits per heavy atom. The van der Waals surface area contributed by atoms with Crippen molar-refractivity contribution in [3.63, 3.8) is 0 Å². The molecule has 1 atom stereocenters. The number of rotatable bonds is 5. The lowest BCUT2D eigenvalue weighted by Gasteiger charge is -2.27. The van der Waals surface area contributed by atoms with Crippen LogP contribution in [-0.4, -0.2) is 45.1 Å². The van der Waals surface area contributed by atoms with Gasteiger partial charge in [0.15, 0.2) is 5.84 Å². The van der Waals surface area contributed by atoms with Crippen molar-refractivity contribution in [2.24, 2.45) is 5.10 Å². The molecule has 12 heteroatoms. The minimum atomic E-state index is -0.465. The first-order valence-electron chi connectivity index (χ1n) is 11.8. The van der Waals surface area contributed by atoms with Gasteiger partial charge in [-0.1, -0.05) is 0 Å². The molecule has 37 heavy (non-hydrogen) atoms. The van der Waals surface area contributed by atoms with Crippen LogP contribution in [0.2, 0.25) is 0 Å². The molecule has 0 unspecified atom stereocenters. The normalized spacial score (nSPS) is 17.5. The number of carbonyl (C=O) groups is 1. The van der Waals surface area contributed by atoms with Gasteiger partial charge in [0, 0.05) is 31.0 Å². The third kappa shape index (κ3) is 4.31. The first-order valence-corrected chi connectivity index (χ1v) is 11.8. The summed E-state index contributed by atoms with van der Waals surface area (Å²) in [4.78, 5) is 19.5. The van der Waals surface area contributed by atoms with Crippen LogP contribution in [0.15, 0.2) is 66.2 Å². The van der Waals surface area contributed by atoms with E-state index in [2.05, 4.69) is 31.5 Å². The van der Waals surface area contributed by atoms with E-state index in [-0.39, 0.29) is 11.9 Å². The Kier molecular flexibility index (Phi) is 5.64. The van der Waals surface area contributed by atoms with Gasteiger partial charge in [-0.25, -0.2) is 18.8 Å². The molecule has 0 aliphatic carbocycles. The largest absolute Gasteiger partial charge is 0.364 e. The molecule has 1 fully saturated rings. The fraction of sp³-hybridized carbons (Fsp3) is 0.200. The van der Waals surface area contributed by atoms with Crippen LogP contribution >= 0.6 is 0 Å². The Bertz CT molecular complexity index is 1520. The highest BCUT2D eigenvalue weighted by Crippen LogP contribution is 2.38. The molecule has 1 saturated heterocycles. The molecule has 5 heterocycles. The Balaban J connectivity index is 1.24. The molecule has 1 amide bonds. The Morgan fingerprint density at radius 3 is 2.81 bits per heavy atom. The number of aromatic nitrogens is 3. The number of anilines is 2. The molecule has 10 nitrogen and oxygen atoms in total. The van der Waals surface area contributed by atoms with Crippen molar-refractivity contribution in [1.82, 2.24) is 30.7 Å². The number of carbonyl (C=O) groups excluding carboxylic acids is 1. The lowest BCUT2D eigenvalue weighted by molar-refractivity contribution is 0.102. The number of amidine groups is 1. The summed E-state index contributed by atoms with van der Waals surface area (Å²) in [6, 6.07) is 10.5. The van der Waals surface area contributed by atoms with Gasteiger partial charge in [0.1, 0.15) is 17.3 Å². The molecule has 0 radical (unpaired) electrons. The Hall–Kier alpha value is -4.58. The zero-order valence-electron chi connectivity index (χ0n) is 19.8. The zero-order chi connectivity index (χ0) is 25.5. The predicted molar refractivity (Wildman–Crippen MR) is 134 cm³/mol. The van der Waals surface area contributed by atoms with Gasteiger partial charge in [0.25, 0.3) is 5.91 Å². The summed E-state index contributed by atoms with van der Waals surface area (Å²) in [6.07, 6.45) is 6.36. The van der Waals surface area contributed by atoms with Crippen molar-refractivity contribution in [1.29, 1.82) is 0 Å². The minimum absolute atomic E-state index is 0.295. The van der Waals surface area contributed by atoms with Gasteiger partial charge in [0.2, 0.25) is 0 Å². The number of hydrogen-bond donors (Lipinski definition) is 3. The van der Waals surface area contributed by atoms with Crippen LogP contribution in [0.3, 0.4) is 0 Å².